The highest BCUT2D eigenvalue weighted by Crippen LogP contribution is 2.21. The van der Waals surface area contributed by atoms with Crippen LogP contribution < -0.4 is 5.73 Å². The lowest BCUT2D eigenvalue weighted by atomic mass is 9.87. The number of rotatable bonds is 7. The molecule has 0 rings (SSSR count). The molecule has 0 saturated carbocycles. The van der Waals surface area contributed by atoms with E-state index in [1.54, 1.807) is 11.8 Å². The number of amides is 1. The Morgan fingerprint density at radius 2 is 1.94 bits per heavy atom. The molecule has 2 N–H and O–H groups in total. The van der Waals surface area contributed by atoms with Crippen LogP contribution in [-0.4, -0.2) is 41.9 Å². The van der Waals surface area contributed by atoms with Crippen molar-refractivity contribution in [3.8, 4) is 0 Å². The molecule has 2 unspecified atom stereocenters. The van der Waals surface area contributed by atoms with Crippen LogP contribution in [0.15, 0.2) is 0 Å². The van der Waals surface area contributed by atoms with Crippen LogP contribution in [0.3, 0.4) is 0 Å². The maximum absolute atomic E-state index is 12.2. The van der Waals surface area contributed by atoms with Gasteiger partial charge in [-0.2, -0.15) is 11.8 Å². The summed E-state index contributed by atoms with van der Waals surface area (Å²) in [4.78, 5) is 14.0. The molecule has 0 fully saturated rings. The Kier molecular flexibility index (Phi) is 7.95. The van der Waals surface area contributed by atoms with E-state index in [0.29, 0.717) is 12.5 Å². The standard InChI is InChI=1S/C14H30N2OS/c1-7-12(10-18-6)16(5)13(17)8-11(15)9-14(2,3)4/h11-12H,7-10,15H2,1-6H3. The molecule has 108 valence electrons. The molecule has 3 nitrogen and oxygen atoms in total. The van der Waals surface area contributed by atoms with Gasteiger partial charge in [0.1, 0.15) is 0 Å². The number of nitrogens with two attached hydrogens (primary N) is 1. The van der Waals surface area contributed by atoms with Gasteiger partial charge in [-0.3, -0.25) is 4.79 Å². The van der Waals surface area contributed by atoms with E-state index in [1.807, 2.05) is 11.9 Å². The Bertz CT molecular complexity index is 251. The Balaban J connectivity index is 4.30. The maximum Gasteiger partial charge on any atom is 0.224 e. The van der Waals surface area contributed by atoms with E-state index in [1.165, 1.54) is 0 Å². The van der Waals surface area contributed by atoms with Gasteiger partial charge in [0.05, 0.1) is 0 Å². The van der Waals surface area contributed by atoms with E-state index in [0.717, 1.165) is 18.6 Å². The van der Waals surface area contributed by atoms with Crippen molar-refractivity contribution >= 4 is 17.7 Å². The summed E-state index contributed by atoms with van der Waals surface area (Å²) in [6.07, 6.45) is 4.41. The minimum Gasteiger partial charge on any atom is -0.342 e. The van der Waals surface area contributed by atoms with Gasteiger partial charge in [0.15, 0.2) is 0 Å². The molecule has 4 heteroatoms. The third-order valence-corrected chi connectivity index (χ3v) is 3.80. The number of hydrogen-bond acceptors (Lipinski definition) is 3. The molecule has 0 aliphatic carbocycles. The van der Waals surface area contributed by atoms with Gasteiger partial charge in [0.25, 0.3) is 0 Å². The fraction of sp³-hybridized carbons (Fsp3) is 0.929. The Hall–Kier alpha value is -0.220. The molecular formula is C14H30N2OS. The molecule has 0 aliphatic heterocycles. The summed E-state index contributed by atoms with van der Waals surface area (Å²) in [5.41, 5.74) is 6.24. The summed E-state index contributed by atoms with van der Waals surface area (Å²) in [5, 5.41) is 0. The molecule has 0 aromatic heterocycles. The van der Waals surface area contributed by atoms with Crippen LogP contribution in [0, 0.1) is 5.41 Å². The van der Waals surface area contributed by atoms with Gasteiger partial charge in [0.2, 0.25) is 5.91 Å². The van der Waals surface area contributed by atoms with E-state index >= 15 is 0 Å². The quantitative estimate of drug-likeness (QED) is 0.776. The van der Waals surface area contributed by atoms with Gasteiger partial charge >= 0.3 is 0 Å². The highest BCUT2D eigenvalue weighted by molar-refractivity contribution is 7.98. The molecule has 0 aromatic carbocycles. The average molecular weight is 274 g/mol. The van der Waals surface area contributed by atoms with Gasteiger partial charge in [0, 0.05) is 31.3 Å². The topological polar surface area (TPSA) is 46.3 Å². The number of nitrogens with zero attached hydrogens (tertiary/aromatic N) is 1. The first-order valence-electron chi connectivity index (χ1n) is 6.71. The highest BCUT2D eigenvalue weighted by Gasteiger charge is 2.22. The van der Waals surface area contributed by atoms with E-state index in [4.69, 9.17) is 5.73 Å². The molecule has 18 heavy (non-hydrogen) atoms. The Morgan fingerprint density at radius 1 is 1.39 bits per heavy atom. The van der Waals surface area contributed by atoms with Crippen LogP contribution in [0.25, 0.3) is 0 Å². The van der Waals surface area contributed by atoms with Crippen molar-refractivity contribution in [1.29, 1.82) is 0 Å². The summed E-state index contributed by atoms with van der Waals surface area (Å²) in [5.74, 6) is 1.17. The second-order valence-electron chi connectivity index (χ2n) is 6.25. The van der Waals surface area contributed by atoms with Crippen LogP contribution in [0.1, 0.15) is 47.0 Å². The molecule has 2 atom stereocenters. The van der Waals surface area contributed by atoms with E-state index in [9.17, 15) is 4.79 Å². The van der Waals surface area contributed by atoms with Crippen molar-refractivity contribution in [3.05, 3.63) is 0 Å². The summed E-state index contributed by atoms with van der Waals surface area (Å²) in [7, 11) is 1.90. The van der Waals surface area contributed by atoms with Crippen molar-refractivity contribution in [2.24, 2.45) is 11.1 Å². The van der Waals surface area contributed by atoms with Gasteiger partial charge in [-0.1, -0.05) is 27.7 Å². The lowest BCUT2D eigenvalue weighted by Gasteiger charge is -2.29. The minimum atomic E-state index is -0.0354. The smallest absolute Gasteiger partial charge is 0.224 e. The van der Waals surface area contributed by atoms with E-state index in [-0.39, 0.29) is 17.4 Å². The second kappa shape index (κ2) is 8.05. The summed E-state index contributed by atoms with van der Waals surface area (Å²) < 4.78 is 0. The Labute approximate surface area is 117 Å². The van der Waals surface area contributed by atoms with Crippen molar-refractivity contribution in [2.45, 2.75) is 59.0 Å². The van der Waals surface area contributed by atoms with Gasteiger partial charge in [-0.05, 0) is 24.5 Å². The second-order valence-corrected chi connectivity index (χ2v) is 7.16. The normalized spacial score (nSPS) is 15.3. The molecule has 0 saturated heterocycles. The van der Waals surface area contributed by atoms with E-state index in [2.05, 4.69) is 34.0 Å². The lowest BCUT2D eigenvalue weighted by Crippen LogP contribution is -2.41. The molecule has 0 bridgehead atoms. The predicted molar refractivity (Wildman–Crippen MR) is 81.9 cm³/mol. The van der Waals surface area contributed by atoms with Crippen LogP contribution in [-0.2, 0) is 4.79 Å². The maximum atomic E-state index is 12.2. The molecule has 1 amide bonds. The lowest BCUT2D eigenvalue weighted by molar-refractivity contribution is -0.132. The summed E-state index contributed by atoms with van der Waals surface area (Å²) >= 11 is 1.78. The minimum absolute atomic E-state index is 0.0354. The van der Waals surface area contributed by atoms with Crippen molar-refractivity contribution < 1.29 is 4.79 Å². The zero-order chi connectivity index (χ0) is 14.3. The largest absolute Gasteiger partial charge is 0.342 e. The number of hydrogen-bond donors (Lipinski definition) is 1. The van der Waals surface area contributed by atoms with Crippen LogP contribution >= 0.6 is 11.8 Å². The molecule has 0 aliphatic rings. The van der Waals surface area contributed by atoms with Crippen molar-refractivity contribution in [2.75, 3.05) is 19.1 Å². The van der Waals surface area contributed by atoms with E-state index < -0.39 is 0 Å². The van der Waals surface area contributed by atoms with Crippen LogP contribution in [0.5, 0.6) is 0 Å². The first-order valence-corrected chi connectivity index (χ1v) is 8.10. The molecule has 0 radical (unpaired) electrons. The summed E-state index contributed by atoms with van der Waals surface area (Å²) in [6.45, 7) is 8.59. The predicted octanol–water partition coefficient (Wildman–Crippen LogP) is 2.74. The monoisotopic (exact) mass is 274 g/mol. The number of carbonyl (C=O) groups is 1. The fourth-order valence-corrected chi connectivity index (χ4v) is 2.97. The highest BCUT2D eigenvalue weighted by atomic mass is 32.2. The van der Waals surface area contributed by atoms with Crippen molar-refractivity contribution in [1.82, 2.24) is 4.90 Å². The fourth-order valence-electron chi connectivity index (χ4n) is 2.13. The van der Waals surface area contributed by atoms with Gasteiger partial charge in [-0.25, -0.2) is 0 Å². The zero-order valence-electron chi connectivity index (χ0n) is 12.8. The first kappa shape index (κ1) is 17.8. The zero-order valence-corrected chi connectivity index (χ0v) is 13.6. The van der Waals surface area contributed by atoms with Crippen LogP contribution in [0.2, 0.25) is 0 Å². The number of thioether (sulfide) groups is 1. The van der Waals surface area contributed by atoms with Crippen LogP contribution in [0.4, 0.5) is 0 Å². The third-order valence-electron chi connectivity index (χ3n) is 3.08. The third kappa shape index (κ3) is 7.27. The van der Waals surface area contributed by atoms with Gasteiger partial charge in [-0.15, -0.1) is 0 Å². The number of carbonyl (C=O) groups excluding carboxylic acids is 1. The SMILES string of the molecule is CCC(CSC)N(C)C(=O)CC(N)CC(C)(C)C. The van der Waals surface area contributed by atoms with Gasteiger partial charge < -0.3 is 10.6 Å². The Morgan fingerprint density at radius 3 is 2.33 bits per heavy atom. The first-order chi connectivity index (χ1) is 8.21. The van der Waals surface area contributed by atoms with Crippen molar-refractivity contribution in [3.63, 3.8) is 0 Å². The molecule has 0 aromatic rings. The summed E-state index contributed by atoms with van der Waals surface area (Å²) in [6, 6.07) is 0.293. The average Bonchev–Trinajstić information content (AvgIpc) is 2.21. The molecule has 0 spiro atoms. The molecular weight excluding hydrogens is 244 g/mol. The molecule has 0 heterocycles.